The Kier molecular flexibility index (Phi) is 9.89. The maximum atomic E-state index is 14.0. The Labute approximate surface area is 241 Å². The van der Waals surface area contributed by atoms with Crippen LogP contribution in [0.5, 0.6) is 5.75 Å². The summed E-state index contributed by atoms with van der Waals surface area (Å²) >= 11 is 6.19. The van der Waals surface area contributed by atoms with Gasteiger partial charge < -0.3 is 15.0 Å². The number of sulfonamides is 1. The monoisotopic (exact) mass is 606 g/mol. The van der Waals surface area contributed by atoms with E-state index in [1.807, 2.05) is 0 Å². The number of nitro groups is 1. The lowest BCUT2D eigenvalue weighted by atomic mass is 10.1. The molecule has 0 radical (unpaired) electrons. The molecule has 1 unspecified atom stereocenters. The molecule has 11 nitrogen and oxygen atoms in total. The number of ether oxygens (including phenoxy) is 1. The quantitative estimate of drug-likeness (QED) is 0.256. The summed E-state index contributed by atoms with van der Waals surface area (Å²) in [6.45, 7) is 1.94. The highest BCUT2D eigenvalue weighted by Gasteiger charge is 2.34. The molecule has 0 aliphatic carbocycles. The number of nitro benzene ring substituents is 1. The molecule has 218 valence electrons. The zero-order valence-corrected chi connectivity index (χ0v) is 24.2. The van der Waals surface area contributed by atoms with Crippen LogP contribution < -0.4 is 14.4 Å². The van der Waals surface area contributed by atoms with Gasteiger partial charge in [0.05, 0.1) is 22.6 Å². The maximum absolute atomic E-state index is 14.0. The fourth-order valence-electron chi connectivity index (χ4n) is 4.02. The third kappa shape index (κ3) is 7.11. The number of anilines is 1. The van der Waals surface area contributed by atoms with Crippen molar-refractivity contribution in [3.63, 3.8) is 0 Å². The summed E-state index contributed by atoms with van der Waals surface area (Å²) in [5.74, 6) is -1.76. The number of rotatable bonds is 11. The van der Waals surface area contributed by atoms with Crippen molar-refractivity contribution in [2.24, 2.45) is 0 Å². The first-order valence-electron chi connectivity index (χ1n) is 12.2. The highest BCUT2D eigenvalue weighted by molar-refractivity contribution is 7.92. The molecular formula is C27H28ClFN4O7S. The number of nitrogens with zero attached hydrogens (tertiary/aromatic N) is 3. The van der Waals surface area contributed by atoms with Crippen molar-refractivity contribution in [3.8, 4) is 5.75 Å². The molecule has 0 aliphatic rings. The summed E-state index contributed by atoms with van der Waals surface area (Å²) in [5.41, 5.74) is 0.189. The number of benzene rings is 3. The van der Waals surface area contributed by atoms with Crippen LogP contribution in [0, 0.1) is 22.9 Å². The summed E-state index contributed by atoms with van der Waals surface area (Å²) < 4.78 is 47.6. The van der Waals surface area contributed by atoms with Gasteiger partial charge in [-0.2, -0.15) is 0 Å². The second-order valence-electron chi connectivity index (χ2n) is 8.97. The minimum absolute atomic E-state index is 0.0526. The first-order valence-corrected chi connectivity index (χ1v) is 14.0. The molecule has 0 heterocycles. The van der Waals surface area contributed by atoms with E-state index >= 15 is 0 Å². The van der Waals surface area contributed by atoms with Crippen LogP contribution in [-0.2, 0) is 26.2 Å². The molecule has 1 atom stereocenters. The number of likely N-dealkylation sites (N-methyl/N-ethyl adjacent to an activating group) is 1. The van der Waals surface area contributed by atoms with Crippen LogP contribution in [0.2, 0.25) is 5.02 Å². The molecule has 1 N–H and O–H groups in total. The van der Waals surface area contributed by atoms with Crippen LogP contribution >= 0.6 is 11.6 Å². The molecule has 0 saturated carbocycles. The average molecular weight is 607 g/mol. The minimum atomic E-state index is -4.64. The lowest BCUT2D eigenvalue weighted by Crippen LogP contribution is -2.50. The molecule has 14 heteroatoms. The minimum Gasteiger partial charge on any atom is -0.495 e. The van der Waals surface area contributed by atoms with Gasteiger partial charge in [-0.15, -0.1) is 0 Å². The normalized spacial score (nSPS) is 11.9. The Hall–Kier alpha value is -4.23. The second kappa shape index (κ2) is 13.0. The Morgan fingerprint density at radius 3 is 2.37 bits per heavy atom. The summed E-state index contributed by atoms with van der Waals surface area (Å²) in [7, 11) is -1.96. The highest BCUT2D eigenvalue weighted by Crippen LogP contribution is 2.36. The smallest absolute Gasteiger partial charge is 0.273 e. The fraction of sp³-hybridized carbons (Fsp3) is 0.259. The van der Waals surface area contributed by atoms with E-state index in [1.54, 1.807) is 0 Å². The van der Waals surface area contributed by atoms with Crippen LogP contribution in [0.1, 0.15) is 18.1 Å². The predicted molar refractivity (Wildman–Crippen MR) is 151 cm³/mol. The van der Waals surface area contributed by atoms with Gasteiger partial charge in [0.15, 0.2) is 0 Å². The number of amides is 2. The van der Waals surface area contributed by atoms with Gasteiger partial charge in [-0.1, -0.05) is 29.8 Å². The van der Waals surface area contributed by atoms with E-state index in [-0.39, 0.29) is 28.6 Å². The fourth-order valence-corrected chi connectivity index (χ4v) is 5.63. The first kappa shape index (κ1) is 31.3. The van der Waals surface area contributed by atoms with Crippen molar-refractivity contribution in [1.82, 2.24) is 10.2 Å². The Morgan fingerprint density at radius 2 is 1.78 bits per heavy atom. The van der Waals surface area contributed by atoms with E-state index in [0.717, 1.165) is 15.3 Å². The van der Waals surface area contributed by atoms with Crippen molar-refractivity contribution >= 4 is 44.8 Å². The number of halogens is 2. The maximum Gasteiger partial charge on any atom is 0.273 e. The molecule has 0 fully saturated rings. The van der Waals surface area contributed by atoms with Crippen molar-refractivity contribution in [2.45, 2.75) is 31.3 Å². The zero-order chi connectivity index (χ0) is 30.5. The molecule has 0 saturated heterocycles. The number of aryl methyl sites for hydroxylation is 1. The largest absolute Gasteiger partial charge is 0.495 e. The van der Waals surface area contributed by atoms with Gasteiger partial charge in [-0.05, 0) is 55.8 Å². The third-order valence-corrected chi connectivity index (χ3v) is 8.32. The van der Waals surface area contributed by atoms with Crippen molar-refractivity contribution in [2.75, 3.05) is 25.0 Å². The molecule has 2 amide bonds. The van der Waals surface area contributed by atoms with Crippen LogP contribution in [0.25, 0.3) is 0 Å². The molecular weight excluding hydrogens is 579 g/mol. The van der Waals surface area contributed by atoms with E-state index in [4.69, 9.17) is 16.3 Å². The van der Waals surface area contributed by atoms with E-state index in [0.29, 0.717) is 5.56 Å². The number of carbonyl (C=O) groups excluding carboxylic acids is 2. The van der Waals surface area contributed by atoms with Crippen LogP contribution in [-0.4, -0.2) is 56.8 Å². The van der Waals surface area contributed by atoms with Gasteiger partial charge in [-0.3, -0.25) is 24.0 Å². The van der Waals surface area contributed by atoms with Crippen molar-refractivity contribution in [3.05, 3.63) is 92.7 Å². The Morgan fingerprint density at radius 1 is 1.12 bits per heavy atom. The molecule has 0 aliphatic heterocycles. The number of methoxy groups -OCH3 is 1. The number of nitrogens with one attached hydrogen (secondary N) is 1. The summed E-state index contributed by atoms with van der Waals surface area (Å²) in [4.78, 5) is 37.9. The van der Waals surface area contributed by atoms with Gasteiger partial charge in [-0.25, -0.2) is 12.8 Å². The number of hydrogen-bond acceptors (Lipinski definition) is 7. The topological polar surface area (TPSA) is 139 Å². The first-order chi connectivity index (χ1) is 19.3. The molecule has 0 spiro atoms. The molecule has 3 rings (SSSR count). The molecule has 3 aromatic rings. The van der Waals surface area contributed by atoms with Gasteiger partial charge in [0.25, 0.3) is 15.7 Å². The van der Waals surface area contributed by atoms with Crippen LogP contribution in [0.3, 0.4) is 0 Å². The molecule has 41 heavy (non-hydrogen) atoms. The lowest BCUT2D eigenvalue weighted by Gasteiger charge is -2.32. The van der Waals surface area contributed by atoms with Crippen LogP contribution in [0.4, 0.5) is 15.8 Å². The van der Waals surface area contributed by atoms with Gasteiger partial charge >= 0.3 is 0 Å². The molecule has 0 bridgehead atoms. The SMILES string of the molecule is CNC(=O)C(C)N(Cc1ccc(F)cc1)C(=O)CN(c1cc(Cl)ccc1OC)S(=O)(=O)c1ccc(C)c([N+](=O)[O-])c1. The Balaban J connectivity index is 2.16. The van der Waals surface area contributed by atoms with E-state index < -0.39 is 55.7 Å². The van der Waals surface area contributed by atoms with Gasteiger partial charge in [0.2, 0.25) is 11.8 Å². The molecule has 3 aromatic carbocycles. The summed E-state index contributed by atoms with van der Waals surface area (Å²) in [6.07, 6.45) is 0. The highest BCUT2D eigenvalue weighted by atomic mass is 35.5. The predicted octanol–water partition coefficient (Wildman–Crippen LogP) is 4.06. The van der Waals surface area contributed by atoms with E-state index in [1.165, 1.54) is 82.6 Å². The molecule has 0 aromatic heterocycles. The average Bonchev–Trinajstić information content (AvgIpc) is 2.94. The van der Waals surface area contributed by atoms with Gasteiger partial charge in [0, 0.05) is 30.2 Å². The standard InChI is InChI=1S/C27H28ClFN4O7S/c1-17-5-11-22(14-23(17)33(36)37)41(38,39)32(24-13-20(28)8-12-25(24)40-4)16-26(34)31(18(2)27(35)30-3)15-19-6-9-21(29)10-7-19/h5-14,18H,15-16H2,1-4H3,(H,30,35). The van der Waals surface area contributed by atoms with Crippen LogP contribution in [0.15, 0.2) is 65.6 Å². The zero-order valence-electron chi connectivity index (χ0n) is 22.6. The van der Waals surface area contributed by atoms with E-state index in [9.17, 15) is 32.5 Å². The number of hydrogen-bond donors (Lipinski definition) is 1. The van der Waals surface area contributed by atoms with Crippen molar-refractivity contribution in [1.29, 1.82) is 0 Å². The lowest BCUT2D eigenvalue weighted by molar-refractivity contribution is -0.385. The van der Waals surface area contributed by atoms with Crippen molar-refractivity contribution < 1.29 is 32.1 Å². The third-order valence-electron chi connectivity index (χ3n) is 6.33. The van der Waals surface area contributed by atoms with Gasteiger partial charge in [0.1, 0.15) is 24.2 Å². The van der Waals surface area contributed by atoms with E-state index in [2.05, 4.69) is 5.32 Å². The number of carbonyl (C=O) groups is 2. The second-order valence-corrected chi connectivity index (χ2v) is 11.3. The summed E-state index contributed by atoms with van der Waals surface area (Å²) in [5, 5.41) is 14.1. The summed E-state index contributed by atoms with van der Waals surface area (Å²) in [6, 6.07) is 11.7. The Bertz CT molecular complexity index is 1570.